The minimum absolute atomic E-state index is 0.0907. The van der Waals surface area contributed by atoms with Crippen LogP contribution in [0.3, 0.4) is 0 Å². The van der Waals surface area contributed by atoms with Crippen LogP contribution in [0.5, 0.6) is 0 Å². The van der Waals surface area contributed by atoms with Crippen LogP contribution < -0.4 is 0 Å². The maximum atomic E-state index is 11.6. The molecule has 0 spiro atoms. The summed E-state index contributed by atoms with van der Waals surface area (Å²) in [5.74, 6) is -2.15. The van der Waals surface area contributed by atoms with Crippen molar-refractivity contribution >= 4 is 11.9 Å². The molecule has 0 heterocycles. The van der Waals surface area contributed by atoms with E-state index in [2.05, 4.69) is 19.6 Å². The maximum Gasteiger partial charge on any atom is 0.307 e. The van der Waals surface area contributed by atoms with E-state index in [4.69, 9.17) is 4.74 Å². The molecule has 4 heteroatoms. The lowest BCUT2D eigenvalue weighted by Gasteiger charge is -2.09. The summed E-state index contributed by atoms with van der Waals surface area (Å²) in [4.78, 5) is 22.8. The van der Waals surface area contributed by atoms with E-state index in [-0.39, 0.29) is 13.0 Å². The highest BCUT2D eigenvalue weighted by Gasteiger charge is 2.20. The van der Waals surface area contributed by atoms with Crippen molar-refractivity contribution in [2.45, 2.75) is 129 Å². The second-order valence-electron chi connectivity index (χ2n) is 9.01. The fourth-order valence-corrected chi connectivity index (χ4v) is 3.87. The van der Waals surface area contributed by atoms with Gasteiger partial charge >= 0.3 is 11.9 Å². The first-order chi connectivity index (χ1) is 15.6. The van der Waals surface area contributed by atoms with Crippen molar-refractivity contribution in [3.05, 3.63) is 24.8 Å². The van der Waals surface area contributed by atoms with E-state index in [1.165, 1.54) is 102 Å². The van der Waals surface area contributed by atoms with Gasteiger partial charge in [-0.3, -0.25) is 9.59 Å². The Morgan fingerprint density at radius 3 is 1.69 bits per heavy atom. The Morgan fingerprint density at radius 1 is 0.781 bits per heavy atom. The topological polar surface area (TPSA) is 63.6 Å². The van der Waals surface area contributed by atoms with Gasteiger partial charge in [-0.05, 0) is 19.3 Å². The summed E-state index contributed by atoms with van der Waals surface area (Å²) in [6.45, 7) is 5.87. The summed E-state index contributed by atoms with van der Waals surface area (Å²) in [6, 6.07) is 0. The van der Waals surface area contributed by atoms with Crippen LogP contribution >= 0.6 is 0 Å². The highest BCUT2D eigenvalue weighted by atomic mass is 16.5. The van der Waals surface area contributed by atoms with Gasteiger partial charge in [-0.15, -0.1) is 0 Å². The number of hydrogen-bond acceptors (Lipinski definition) is 3. The molecule has 32 heavy (non-hydrogen) atoms. The Balaban J connectivity index is 3.46. The second kappa shape index (κ2) is 24.1. The van der Waals surface area contributed by atoms with Gasteiger partial charge < -0.3 is 9.84 Å². The van der Waals surface area contributed by atoms with Gasteiger partial charge in [0.25, 0.3) is 0 Å². The summed E-state index contributed by atoms with van der Waals surface area (Å²) in [5, 5.41) is 9.24. The van der Waals surface area contributed by atoms with Gasteiger partial charge in [-0.1, -0.05) is 128 Å². The third-order valence-corrected chi connectivity index (χ3v) is 5.94. The van der Waals surface area contributed by atoms with Gasteiger partial charge in [0.1, 0.15) is 6.61 Å². The normalized spacial score (nSPS) is 12.2. The number of unbranched alkanes of at least 4 members (excludes halogenated alkanes) is 16. The maximum absolute atomic E-state index is 11.6. The zero-order valence-corrected chi connectivity index (χ0v) is 20.8. The van der Waals surface area contributed by atoms with Crippen LogP contribution in [-0.4, -0.2) is 23.7 Å². The van der Waals surface area contributed by atoms with Gasteiger partial charge in [-0.25, -0.2) is 0 Å². The van der Waals surface area contributed by atoms with E-state index in [1.54, 1.807) is 0 Å². The van der Waals surface area contributed by atoms with E-state index in [0.717, 1.165) is 12.8 Å². The molecular formula is C28H50O4. The molecule has 1 atom stereocenters. The van der Waals surface area contributed by atoms with Crippen molar-refractivity contribution in [2.75, 3.05) is 6.61 Å². The molecule has 1 unspecified atom stereocenters. The predicted octanol–water partition coefficient (Wildman–Crippen LogP) is 8.40. The quantitative estimate of drug-likeness (QED) is 0.0910. The van der Waals surface area contributed by atoms with Crippen molar-refractivity contribution in [1.82, 2.24) is 0 Å². The van der Waals surface area contributed by atoms with Gasteiger partial charge in [-0.2, -0.15) is 0 Å². The monoisotopic (exact) mass is 450 g/mol. The fraction of sp³-hybridized carbons (Fsp3) is 0.786. The summed E-state index contributed by atoms with van der Waals surface area (Å²) in [6.07, 6.45) is 28.5. The molecule has 186 valence electrons. The molecule has 1 N–H and O–H groups in total. The molecule has 0 fully saturated rings. The molecular weight excluding hydrogens is 400 g/mol. The number of aliphatic carboxylic acids is 1. The van der Waals surface area contributed by atoms with E-state index in [0.29, 0.717) is 6.42 Å². The smallest absolute Gasteiger partial charge is 0.307 e. The predicted molar refractivity (Wildman–Crippen MR) is 135 cm³/mol. The van der Waals surface area contributed by atoms with Gasteiger partial charge in [0.05, 0.1) is 12.3 Å². The molecule has 0 radical (unpaired) electrons. The van der Waals surface area contributed by atoms with Crippen LogP contribution in [0.2, 0.25) is 0 Å². The Hall–Kier alpha value is -1.58. The molecule has 0 saturated heterocycles. The first-order valence-corrected chi connectivity index (χ1v) is 13.3. The third kappa shape index (κ3) is 21.6. The van der Waals surface area contributed by atoms with Crippen molar-refractivity contribution < 1.29 is 19.4 Å². The third-order valence-electron chi connectivity index (χ3n) is 5.94. The first-order valence-electron chi connectivity index (χ1n) is 13.3. The SMILES string of the molecule is C=CCOC(=O)CC(C/C=C/CCCCCCCCCCCCCCCCCC)C(=O)O. The molecule has 0 aliphatic carbocycles. The number of carbonyl (C=O) groups excluding carboxylic acids is 1. The van der Waals surface area contributed by atoms with Gasteiger partial charge in [0.15, 0.2) is 0 Å². The molecule has 0 aromatic carbocycles. The minimum atomic E-state index is -0.951. The zero-order valence-electron chi connectivity index (χ0n) is 20.8. The van der Waals surface area contributed by atoms with Gasteiger partial charge in [0, 0.05) is 0 Å². The summed E-state index contributed by atoms with van der Waals surface area (Å²) >= 11 is 0. The van der Waals surface area contributed by atoms with E-state index in [1.807, 2.05) is 6.08 Å². The number of rotatable bonds is 24. The van der Waals surface area contributed by atoms with Crippen LogP contribution in [-0.2, 0) is 14.3 Å². The largest absolute Gasteiger partial charge is 0.481 e. The number of carboxylic acid groups (broad SMARTS) is 1. The number of esters is 1. The lowest BCUT2D eigenvalue weighted by atomic mass is 10.0. The molecule has 0 aromatic heterocycles. The second-order valence-corrected chi connectivity index (χ2v) is 9.01. The Labute approximate surface area is 197 Å². The highest BCUT2D eigenvalue weighted by Crippen LogP contribution is 2.15. The van der Waals surface area contributed by atoms with Crippen LogP contribution in [0.4, 0.5) is 0 Å². The lowest BCUT2D eigenvalue weighted by molar-refractivity contribution is -0.150. The van der Waals surface area contributed by atoms with Crippen molar-refractivity contribution in [1.29, 1.82) is 0 Å². The summed E-state index contributed by atoms with van der Waals surface area (Å²) in [7, 11) is 0. The van der Waals surface area contributed by atoms with E-state index >= 15 is 0 Å². The number of hydrogen-bond donors (Lipinski definition) is 1. The van der Waals surface area contributed by atoms with Gasteiger partial charge in [0.2, 0.25) is 0 Å². The van der Waals surface area contributed by atoms with Crippen molar-refractivity contribution in [2.24, 2.45) is 5.92 Å². The molecule has 0 saturated carbocycles. The van der Waals surface area contributed by atoms with E-state index < -0.39 is 17.9 Å². The summed E-state index contributed by atoms with van der Waals surface area (Å²) in [5.41, 5.74) is 0. The average Bonchev–Trinajstić information content (AvgIpc) is 2.78. The zero-order chi connectivity index (χ0) is 23.7. The Kier molecular flexibility index (Phi) is 22.9. The van der Waals surface area contributed by atoms with Crippen molar-refractivity contribution in [3.63, 3.8) is 0 Å². The summed E-state index contributed by atoms with van der Waals surface area (Å²) < 4.78 is 4.87. The van der Waals surface area contributed by atoms with E-state index in [9.17, 15) is 14.7 Å². The standard InChI is InChI=1S/C28H50O4/c1-3-5-6-7-8-9-10-11-12-13-14-15-16-17-18-19-20-21-22-23-26(28(30)31)25-27(29)32-24-4-2/h4,21-22,26H,2-3,5-20,23-25H2,1H3,(H,30,31)/b22-21+. The molecule has 0 amide bonds. The number of carboxylic acids is 1. The van der Waals surface area contributed by atoms with Crippen molar-refractivity contribution in [3.8, 4) is 0 Å². The number of ether oxygens (including phenoxy) is 1. The average molecular weight is 451 g/mol. The molecule has 0 bridgehead atoms. The number of carbonyl (C=O) groups is 2. The van der Waals surface area contributed by atoms with Crippen LogP contribution in [0.1, 0.15) is 129 Å². The molecule has 0 aliphatic heterocycles. The lowest BCUT2D eigenvalue weighted by Crippen LogP contribution is -2.19. The van der Waals surface area contributed by atoms with Crippen LogP contribution in [0, 0.1) is 5.92 Å². The molecule has 0 aromatic rings. The molecule has 0 rings (SSSR count). The van der Waals surface area contributed by atoms with Crippen LogP contribution in [0.15, 0.2) is 24.8 Å². The molecule has 0 aliphatic rings. The minimum Gasteiger partial charge on any atom is -0.481 e. The Morgan fingerprint density at radius 2 is 1.25 bits per heavy atom. The number of allylic oxidation sites excluding steroid dienone is 2. The highest BCUT2D eigenvalue weighted by molar-refractivity contribution is 5.78. The molecule has 4 nitrogen and oxygen atoms in total. The van der Waals surface area contributed by atoms with Crippen LogP contribution in [0.25, 0.3) is 0 Å². The Bertz CT molecular complexity index is 484. The first kappa shape index (κ1) is 30.4. The fourth-order valence-electron chi connectivity index (χ4n) is 3.87.